The molecular weight excluding hydrogens is 296 g/mol. The number of anilines is 2. The fraction of sp³-hybridized carbons (Fsp3) is 0.267. The number of nitrogens with zero attached hydrogens (tertiary/aromatic N) is 2. The molecule has 0 radical (unpaired) electrons. The van der Waals surface area contributed by atoms with Crippen molar-refractivity contribution in [1.29, 1.82) is 0 Å². The minimum absolute atomic E-state index is 0.0787. The summed E-state index contributed by atoms with van der Waals surface area (Å²) in [7, 11) is 1.50. The molecule has 0 aliphatic rings. The summed E-state index contributed by atoms with van der Waals surface area (Å²) in [4.78, 5) is 18.6. The predicted molar refractivity (Wildman–Crippen MR) is 90.1 cm³/mol. The van der Waals surface area contributed by atoms with E-state index in [2.05, 4.69) is 15.3 Å². The zero-order chi connectivity index (χ0) is 17.2. The first kappa shape index (κ1) is 18.2. The molecule has 0 aliphatic carbocycles. The second-order valence-electron chi connectivity index (χ2n) is 4.73. The molecule has 0 saturated heterocycles. The van der Waals surface area contributed by atoms with Crippen LogP contribution < -0.4 is 27.3 Å². The summed E-state index contributed by atoms with van der Waals surface area (Å²) in [5.41, 5.74) is 16.5. The molecule has 1 heterocycles. The topological polar surface area (TPSA) is 142 Å². The van der Waals surface area contributed by atoms with Gasteiger partial charge in [0.1, 0.15) is 11.6 Å². The third-order valence-corrected chi connectivity index (χ3v) is 2.63. The number of amides is 1. The number of nitrogens with one attached hydrogen (secondary N) is 1. The Balaban J connectivity index is 0.000000231. The zero-order valence-electron chi connectivity index (χ0n) is 13.2. The lowest BCUT2D eigenvalue weighted by molar-refractivity contribution is 0.0997. The van der Waals surface area contributed by atoms with Crippen molar-refractivity contribution in [2.75, 3.05) is 24.7 Å². The summed E-state index contributed by atoms with van der Waals surface area (Å²) in [6, 6.07) is 8.56. The molecule has 1 aromatic carbocycles. The standard InChI is InChI=1S/C8H9NO2.C7H13N5/c1-11-7-5-3-2-4-6(7)8(9)10;1-5(8)4-11-7-10-3-2-6(9)12-7/h2-5H,1H3,(H2,9,10);2-3,5H,4,8H2,1H3,(H3,9,10,11,12). The number of hydrogen-bond donors (Lipinski definition) is 4. The van der Waals surface area contributed by atoms with Crippen molar-refractivity contribution in [3.63, 3.8) is 0 Å². The van der Waals surface area contributed by atoms with E-state index in [0.717, 1.165) is 0 Å². The fourth-order valence-corrected chi connectivity index (χ4v) is 1.56. The molecule has 1 aromatic heterocycles. The second kappa shape index (κ2) is 9.21. The number of aromatic nitrogens is 2. The number of benzene rings is 1. The molecule has 0 saturated carbocycles. The molecule has 2 rings (SSSR count). The van der Waals surface area contributed by atoms with Gasteiger partial charge in [-0.2, -0.15) is 4.98 Å². The van der Waals surface area contributed by atoms with Crippen molar-refractivity contribution in [2.24, 2.45) is 11.5 Å². The molecule has 1 atom stereocenters. The number of ether oxygens (including phenoxy) is 1. The Labute approximate surface area is 135 Å². The molecule has 7 N–H and O–H groups in total. The molecule has 0 aliphatic heterocycles. The van der Waals surface area contributed by atoms with Crippen LogP contribution in [0, 0.1) is 0 Å². The highest BCUT2D eigenvalue weighted by atomic mass is 16.5. The number of methoxy groups -OCH3 is 1. The van der Waals surface area contributed by atoms with Gasteiger partial charge < -0.3 is 27.3 Å². The van der Waals surface area contributed by atoms with Crippen molar-refractivity contribution in [1.82, 2.24) is 9.97 Å². The third kappa shape index (κ3) is 6.62. The molecule has 1 unspecified atom stereocenters. The second-order valence-corrected chi connectivity index (χ2v) is 4.73. The van der Waals surface area contributed by atoms with E-state index in [9.17, 15) is 4.79 Å². The first-order chi connectivity index (χ1) is 10.9. The number of carbonyl (C=O) groups excluding carboxylic acids is 1. The van der Waals surface area contributed by atoms with Crippen molar-refractivity contribution in [2.45, 2.75) is 13.0 Å². The van der Waals surface area contributed by atoms with Crippen molar-refractivity contribution in [3.05, 3.63) is 42.1 Å². The molecule has 8 heteroatoms. The number of rotatable bonds is 5. The Morgan fingerprint density at radius 1 is 1.35 bits per heavy atom. The molecule has 124 valence electrons. The highest BCUT2D eigenvalue weighted by Crippen LogP contribution is 2.15. The lowest BCUT2D eigenvalue weighted by atomic mass is 10.2. The SMILES string of the molecule is CC(N)CNc1nccc(N)n1.COc1ccccc1C(N)=O. The Morgan fingerprint density at radius 2 is 2.04 bits per heavy atom. The molecule has 0 spiro atoms. The van der Waals surface area contributed by atoms with Gasteiger partial charge in [-0.1, -0.05) is 12.1 Å². The first-order valence-electron chi connectivity index (χ1n) is 6.94. The highest BCUT2D eigenvalue weighted by Gasteiger charge is 2.05. The van der Waals surface area contributed by atoms with E-state index >= 15 is 0 Å². The normalized spacial score (nSPS) is 10.9. The van der Waals surface area contributed by atoms with Crippen LogP contribution in [0.3, 0.4) is 0 Å². The number of nitrogen functional groups attached to an aromatic ring is 1. The van der Waals surface area contributed by atoms with E-state index in [4.69, 9.17) is 21.9 Å². The van der Waals surface area contributed by atoms with E-state index in [1.54, 1.807) is 36.5 Å². The van der Waals surface area contributed by atoms with Gasteiger partial charge in [0, 0.05) is 18.8 Å². The summed E-state index contributed by atoms with van der Waals surface area (Å²) in [6.45, 7) is 2.54. The van der Waals surface area contributed by atoms with Crippen molar-refractivity contribution >= 4 is 17.7 Å². The molecule has 0 fully saturated rings. The monoisotopic (exact) mass is 318 g/mol. The van der Waals surface area contributed by atoms with Gasteiger partial charge in [-0.25, -0.2) is 4.98 Å². The summed E-state index contributed by atoms with van der Waals surface area (Å²) in [6.07, 6.45) is 1.60. The molecule has 1 amide bonds. The summed E-state index contributed by atoms with van der Waals surface area (Å²) >= 11 is 0. The molecule has 8 nitrogen and oxygen atoms in total. The highest BCUT2D eigenvalue weighted by molar-refractivity contribution is 5.95. The van der Waals surface area contributed by atoms with E-state index in [0.29, 0.717) is 29.6 Å². The van der Waals surface area contributed by atoms with Gasteiger partial charge in [-0.3, -0.25) is 4.79 Å². The van der Waals surface area contributed by atoms with Gasteiger partial charge in [0.25, 0.3) is 5.91 Å². The summed E-state index contributed by atoms with van der Waals surface area (Å²) in [5, 5.41) is 2.96. The zero-order valence-corrected chi connectivity index (χ0v) is 13.2. The maximum Gasteiger partial charge on any atom is 0.252 e. The number of primary amides is 1. The first-order valence-corrected chi connectivity index (χ1v) is 6.94. The Bertz CT molecular complexity index is 633. The average Bonchev–Trinajstić information content (AvgIpc) is 2.53. The van der Waals surface area contributed by atoms with Crippen LogP contribution in [0.25, 0.3) is 0 Å². The van der Waals surface area contributed by atoms with E-state index < -0.39 is 5.91 Å². The minimum atomic E-state index is -0.470. The van der Waals surface area contributed by atoms with Crippen LogP contribution in [0.15, 0.2) is 36.5 Å². The lowest BCUT2D eigenvalue weighted by Gasteiger charge is -2.06. The van der Waals surface area contributed by atoms with Gasteiger partial charge in [0.2, 0.25) is 5.95 Å². The smallest absolute Gasteiger partial charge is 0.252 e. The third-order valence-electron chi connectivity index (χ3n) is 2.63. The number of para-hydroxylation sites is 1. The van der Waals surface area contributed by atoms with Crippen LogP contribution in [-0.2, 0) is 0 Å². The Kier molecular flexibility index (Phi) is 7.28. The van der Waals surface area contributed by atoms with Crippen molar-refractivity contribution in [3.8, 4) is 5.75 Å². The quantitative estimate of drug-likeness (QED) is 0.632. The fourth-order valence-electron chi connectivity index (χ4n) is 1.56. The number of hydrogen-bond acceptors (Lipinski definition) is 7. The number of carbonyl (C=O) groups is 1. The molecule has 2 aromatic rings. The Morgan fingerprint density at radius 3 is 2.57 bits per heavy atom. The largest absolute Gasteiger partial charge is 0.496 e. The van der Waals surface area contributed by atoms with Crippen LogP contribution in [0.4, 0.5) is 11.8 Å². The molecule has 23 heavy (non-hydrogen) atoms. The predicted octanol–water partition coefficient (Wildman–Crippen LogP) is 0.612. The minimum Gasteiger partial charge on any atom is -0.496 e. The van der Waals surface area contributed by atoms with Gasteiger partial charge in [-0.15, -0.1) is 0 Å². The van der Waals surface area contributed by atoms with Crippen LogP contribution in [0.5, 0.6) is 5.75 Å². The van der Waals surface area contributed by atoms with E-state index in [1.807, 2.05) is 6.92 Å². The lowest BCUT2D eigenvalue weighted by Crippen LogP contribution is -2.25. The van der Waals surface area contributed by atoms with Gasteiger partial charge in [0.15, 0.2) is 0 Å². The summed E-state index contributed by atoms with van der Waals surface area (Å²) in [5.74, 6) is 1.02. The van der Waals surface area contributed by atoms with Gasteiger partial charge in [-0.05, 0) is 25.1 Å². The van der Waals surface area contributed by atoms with Crippen molar-refractivity contribution < 1.29 is 9.53 Å². The van der Waals surface area contributed by atoms with Crippen LogP contribution in [0.2, 0.25) is 0 Å². The maximum atomic E-state index is 10.7. The molecule has 0 bridgehead atoms. The average molecular weight is 318 g/mol. The molecular formula is C15H22N6O2. The van der Waals surface area contributed by atoms with E-state index in [-0.39, 0.29) is 6.04 Å². The summed E-state index contributed by atoms with van der Waals surface area (Å²) < 4.78 is 4.91. The van der Waals surface area contributed by atoms with Crippen LogP contribution in [-0.4, -0.2) is 35.6 Å². The van der Waals surface area contributed by atoms with Gasteiger partial charge in [0.05, 0.1) is 12.7 Å². The van der Waals surface area contributed by atoms with Gasteiger partial charge >= 0.3 is 0 Å². The Hall–Kier alpha value is -2.87. The van der Waals surface area contributed by atoms with Crippen LogP contribution in [0.1, 0.15) is 17.3 Å². The van der Waals surface area contributed by atoms with Crippen LogP contribution >= 0.6 is 0 Å². The van der Waals surface area contributed by atoms with E-state index in [1.165, 1.54) is 7.11 Å². The maximum absolute atomic E-state index is 10.7. The number of nitrogens with two attached hydrogens (primary N) is 3.